The van der Waals surface area contributed by atoms with Crippen molar-refractivity contribution in [2.75, 3.05) is 5.75 Å². The van der Waals surface area contributed by atoms with Crippen molar-refractivity contribution < 1.29 is 18.0 Å². The van der Waals surface area contributed by atoms with Crippen LogP contribution in [0.1, 0.15) is 21.1 Å². The summed E-state index contributed by atoms with van der Waals surface area (Å²) in [7, 11) is 0. The van der Waals surface area contributed by atoms with Crippen LogP contribution in [0.15, 0.2) is 27.8 Å². The monoisotopic (exact) mass is 367 g/mol. The van der Waals surface area contributed by atoms with Crippen LogP contribution in [-0.2, 0) is 0 Å². The molecule has 0 aliphatic carbocycles. The third-order valence-electron chi connectivity index (χ3n) is 3.06. The molecular formula is C15H11F2N3O2S2. The summed E-state index contributed by atoms with van der Waals surface area (Å²) in [6.07, 6.45) is 0. The molecule has 1 aromatic carbocycles. The number of carbonyl (C=O) groups excluding carboxylic acids is 1. The molecular weight excluding hydrogens is 356 g/mol. The number of nitrogens with zero attached hydrogens (tertiary/aromatic N) is 3. The second kappa shape index (κ2) is 6.78. The van der Waals surface area contributed by atoms with Crippen LogP contribution in [0.5, 0.6) is 0 Å². The van der Waals surface area contributed by atoms with Crippen LogP contribution in [0.4, 0.5) is 8.78 Å². The molecule has 0 atom stereocenters. The molecule has 24 heavy (non-hydrogen) atoms. The first-order chi connectivity index (χ1) is 11.4. The maximum atomic E-state index is 13.6. The van der Waals surface area contributed by atoms with E-state index in [1.165, 1.54) is 11.3 Å². The van der Waals surface area contributed by atoms with Crippen molar-refractivity contribution in [2.24, 2.45) is 0 Å². The van der Waals surface area contributed by atoms with Crippen LogP contribution in [0.25, 0.3) is 10.8 Å². The molecule has 0 spiro atoms. The van der Waals surface area contributed by atoms with E-state index in [-0.39, 0.29) is 16.5 Å². The lowest BCUT2D eigenvalue weighted by Crippen LogP contribution is -2.06. The zero-order chi connectivity index (χ0) is 17.3. The Hall–Kier alpha value is -2.13. The van der Waals surface area contributed by atoms with E-state index in [0.29, 0.717) is 5.89 Å². The van der Waals surface area contributed by atoms with Gasteiger partial charge in [-0.2, -0.15) is 0 Å². The van der Waals surface area contributed by atoms with Gasteiger partial charge in [0, 0.05) is 0 Å². The Morgan fingerprint density at radius 3 is 2.79 bits per heavy atom. The Kier molecular flexibility index (Phi) is 4.72. The molecule has 0 bridgehead atoms. The number of halogens is 2. The molecule has 3 aromatic rings. The fourth-order valence-electron chi connectivity index (χ4n) is 2.01. The van der Waals surface area contributed by atoms with Crippen molar-refractivity contribution in [3.63, 3.8) is 0 Å². The number of hydrogen-bond donors (Lipinski definition) is 0. The van der Waals surface area contributed by atoms with E-state index in [4.69, 9.17) is 4.42 Å². The Balaban J connectivity index is 1.70. The summed E-state index contributed by atoms with van der Waals surface area (Å²) in [5, 5.41) is 8.85. The topological polar surface area (TPSA) is 68.9 Å². The average molecular weight is 367 g/mol. The van der Waals surface area contributed by atoms with Gasteiger partial charge in [-0.1, -0.05) is 11.8 Å². The molecule has 0 saturated heterocycles. The molecule has 0 N–H and O–H groups in total. The molecule has 0 aliphatic rings. The Labute approximate surface area is 144 Å². The smallest absolute Gasteiger partial charge is 0.277 e. The average Bonchev–Trinajstić information content (AvgIpc) is 3.13. The maximum absolute atomic E-state index is 13.6. The normalized spacial score (nSPS) is 11.0. The van der Waals surface area contributed by atoms with Crippen molar-refractivity contribution in [3.05, 3.63) is 46.1 Å². The zero-order valence-corrected chi connectivity index (χ0v) is 14.3. The number of thiazole rings is 1. The van der Waals surface area contributed by atoms with Gasteiger partial charge in [-0.05, 0) is 32.0 Å². The highest BCUT2D eigenvalue weighted by atomic mass is 32.2. The van der Waals surface area contributed by atoms with Gasteiger partial charge in [0.05, 0.1) is 22.0 Å². The highest BCUT2D eigenvalue weighted by Gasteiger charge is 2.18. The molecule has 0 radical (unpaired) electrons. The van der Waals surface area contributed by atoms with Crippen molar-refractivity contribution in [1.29, 1.82) is 0 Å². The molecule has 0 saturated carbocycles. The standard InChI is InChI=1S/C15H11F2N3O2S2/c1-7-13(24-8(2)18-7)14-19-20-15(22-14)23-6-12(21)10-5-9(16)3-4-11(10)17/h3-5H,6H2,1-2H3. The van der Waals surface area contributed by atoms with E-state index in [1.807, 2.05) is 13.8 Å². The summed E-state index contributed by atoms with van der Waals surface area (Å²) >= 11 is 2.40. The van der Waals surface area contributed by atoms with Gasteiger partial charge in [0.1, 0.15) is 16.5 Å². The summed E-state index contributed by atoms with van der Waals surface area (Å²) in [4.78, 5) is 17.1. The summed E-state index contributed by atoms with van der Waals surface area (Å²) in [6.45, 7) is 3.71. The summed E-state index contributed by atoms with van der Waals surface area (Å²) in [5.41, 5.74) is 0.492. The highest BCUT2D eigenvalue weighted by Crippen LogP contribution is 2.30. The lowest BCUT2D eigenvalue weighted by molar-refractivity contribution is 0.101. The second-order valence-corrected chi connectivity index (χ2v) is 6.99. The number of thioether (sulfide) groups is 1. The van der Waals surface area contributed by atoms with E-state index < -0.39 is 17.4 Å². The first kappa shape index (κ1) is 16.7. The third-order valence-corrected chi connectivity index (χ3v) is 4.94. The van der Waals surface area contributed by atoms with Crippen LogP contribution >= 0.6 is 23.1 Å². The molecule has 2 heterocycles. The van der Waals surface area contributed by atoms with Crippen molar-refractivity contribution >= 4 is 28.9 Å². The summed E-state index contributed by atoms with van der Waals surface area (Å²) in [6, 6.07) is 2.76. The fourth-order valence-corrected chi connectivity index (χ4v) is 3.49. The van der Waals surface area contributed by atoms with Crippen LogP contribution in [0.2, 0.25) is 0 Å². The molecule has 0 amide bonds. The number of aromatic nitrogens is 3. The quantitative estimate of drug-likeness (QED) is 0.500. The Morgan fingerprint density at radius 2 is 2.08 bits per heavy atom. The zero-order valence-electron chi connectivity index (χ0n) is 12.7. The number of benzene rings is 1. The van der Waals surface area contributed by atoms with Crippen LogP contribution in [0, 0.1) is 25.5 Å². The van der Waals surface area contributed by atoms with Gasteiger partial charge in [0.25, 0.3) is 11.1 Å². The van der Waals surface area contributed by atoms with E-state index in [9.17, 15) is 13.6 Å². The van der Waals surface area contributed by atoms with E-state index in [0.717, 1.165) is 45.5 Å². The van der Waals surface area contributed by atoms with E-state index in [1.54, 1.807) is 0 Å². The number of aryl methyl sites for hydroxylation is 2. The Bertz CT molecular complexity index is 908. The van der Waals surface area contributed by atoms with Gasteiger partial charge >= 0.3 is 0 Å². The van der Waals surface area contributed by atoms with Gasteiger partial charge in [-0.15, -0.1) is 21.5 Å². The number of rotatable bonds is 5. The van der Waals surface area contributed by atoms with Gasteiger partial charge < -0.3 is 4.42 Å². The van der Waals surface area contributed by atoms with Gasteiger partial charge in [0.15, 0.2) is 5.78 Å². The minimum Gasteiger partial charge on any atom is -0.410 e. The lowest BCUT2D eigenvalue weighted by Gasteiger charge is -2.01. The molecule has 0 unspecified atom stereocenters. The Morgan fingerprint density at radius 1 is 1.29 bits per heavy atom. The number of hydrogen-bond acceptors (Lipinski definition) is 7. The lowest BCUT2D eigenvalue weighted by atomic mass is 10.1. The molecule has 3 rings (SSSR count). The molecule has 0 aliphatic heterocycles. The molecule has 124 valence electrons. The fraction of sp³-hybridized carbons (Fsp3) is 0.200. The highest BCUT2D eigenvalue weighted by molar-refractivity contribution is 7.99. The molecule has 2 aromatic heterocycles. The maximum Gasteiger partial charge on any atom is 0.277 e. The largest absolute Gasteiger partial charge is 0.410 e. The predicted molar refractivity (Wildman–Crippen MR) is 86.3 cm³/mol. The van der Waals surface area contributed by atoms with E-state index in [2.05, 4.69) is 15.2 Å². The van der Waals surface area contributed by atoms with Crippen molar-refractivity contribution in [3.8, 4) is 10.8 Å². The summed E-state index contributed by atoms with van der Waals surface area (Å²) < 4.78 is 32.2. The van der Waals surface area contributed by atoms with E-state index >= 15 is 0 Å². The first-order valence-electron chi connectivity index (χ1n) is 6.83. The van der Waals surface area contributed by atoms with Crippen molar-refractivity contribution in [2.45, 2.75) is 19.1 Å². The van der Waals surface area contributed by atoms with Crippen molar-refractivity contribution in [1.82, 2.24) is 15.2 Å². The second-order valence-electron chi connectivity index (χ2n) is 4.86. The van der Waals surface area contributed by atoms with Crippen LogP contribution < -0.4 is 0 Å². The first-order valence-corrected chi connectivity index (χ1v) is 8.63. The number of ketones is 1. The SMILES string of the molecule is Cc1nc(C)c(-c2nnc(SCC(=O)c3cc(F)ccc3F)o2)s1. The molecule has 9 heteroatoms. The molecule has 5 nitrogen and oxygen atoms in total. The van der Waals surface area contributed by atoms with Gasteiger partial charge in [0.2, 0.25) is 0 Å². The molecule has 0 fully saturated rings. The minimum absolute atomic E-state index is 0.136. The van der Waals surface area contributed by atoms with Gasteiger partial charge in [-0.25, -0.2) is 13.8 Å². The third kappa shape index (κ3) is 3.51. The predicted octanol–water partition coefficient (Wildman–Crippen LogP) is 4.06. The van der Waals surface area contributed by atoms with Crippen LogP contribution in [-0.4, -0.2) is 26.7 Å². The number of carbonyl (C=O) groups is 1. The minimum atomic E-state index is -0.760. The summed E-state index contributed by atoms with van der Waals surface area (Å²) in [5.74, 6) is -1.79. The van der Waals surface area contributed by atoms with Crippen LogP contribution in [0.3, 0.4) is 0 Å². The van der Waals surface area contributed by atoms with Gasteiger partial charge in [-0.3, -0.25) is 4.79 Å². The number of Topliss-reactive ketones (excluding diaryl/α,β-unsaturated/α-hetero) is 1.